The summed E-state index contributed by atoms with van der Waals surface area (Å²) in [5.74, 6) is 0.503. The summed E-state index contributed by atoms with van der Waals surface area (Å²) in [6.07, 6.45) is 1.41. The molecule has 1 aliphatic rings. The van der Waals surface area contributed by atoms with E-state index in [0.717, 1.165) is 39.1 Å². The first-order valence-electron chi connectivity index (χ1n) is 10.6. The molecule has 1 atom stereocenters. The number of nitrogens with one attached hydrogen (secondary N) is 1. The number of aliphatic hydroxyl groups excluding tert-OH is 1. The fraction of sp³-hybridized carbons (Fsp3) is 0.240. The van der Waals surface area contributed by atoms with E-state index in [1.165, 1.54) is 0 Å². The molecule has 5 rings (SSSR count). The molecule has 0 bridgehead atoms. The maximum Gasteiger partial charge on any atom is 0.230 e. The van der Waals surface area contributed by atoms with Gasteiger partial charge in [0.2, 0.25) is 5.91 Å². The predicted molar refractivity (Wildman–Crippen MR) is 122 cm³/mol. The Kier molecular flexibility index (Phi) is 5.11. The lowest BCUT2D eigenvalue weighted by Gasteiger charge is -2.37. The highest BCUT2D eigenvalue weighted by molar-refractivity contribution is 5.95. The van der Waals surface area contributed by atoms with Gasteiger partial charge in [-0.2, -0.15) is 5.10 Å². The number of aliphatic hydroxyl groups is 1. The number of ether oxygens (including phenoxy) is 1. The van der Waals surface area contributed by atoms with Crippen LogP contribution in [0.3, 0.4) is 0 Å². The van der Waals surface area contributed by atoms with Gasteiger partial charge < -0.3 is 14.7 Å². The number of hydrogen-bond donors (Lipinski definition) is 2. The molecule has 7 heteroatoms. The van der Waals surface area contributed by atoms with Crippen LogP contribution in [0.25, 0.3) is 33.4 Å². The summed E-state index contributed by atoms with van der Waals surface area (Å²) in [6.45, 7) is 2.73. The topological polar surface area (TPSA) is 91.3 Å². The van der Waals surface area contributed by atoms with E-state index in [1.807, 2.05) is 61.7 Å². The first-order chi connectivity index (χ1) is 15.5. The van der Waals surface area contributed by atoms with Crippen LogP contribution >= 0.6 is 0 Å². The van der Waals surface area contributed by atoms with E-state index >= 15 is 0 Å². The molecule has 1 saturated heterocycles. The number of carbonyl (C=O) groups excluding carboxylic acids is 1. The van der Waals surface area contributed by atoms with Crippen LogP contribution in [0.1, 0.15) is 18.4 Å². The highest BCUT2D eigenvalue weighted by Gasteiger charge is 2.32. The number of fused-ring (bicyclic) bond motifs is 1. The summed E-state index contributed by atoms with van der Waals surface area (Å²) >= 11 is 0. The number of hydrogen-bond acceptors (Lipinski definition) is 5. The van der Waals surface area contributed by atoms with Crippen molar-refractivity contribution in [3.8, 4) is 28.1 Å². The molecule has 4 aromatic rings. The molecular weight excluding hydrogens is 404 g/mol. The average molecular weight is 428 g/mol. The number of H-pyrrole nitrogens is 1. The summed E-state index contributed by atoms with van der Waals surface area (Å²) in [5.41, 5.74) is 5.23. The number of aromatic amines is 1. The van der Waals surface area contributed by atoms with Crippen molar-refractivity contribution in [3.05, 3.63) is 66.4 Å². The molecule has 162 valence electrons. The van der Waals surface area contributed by atoms with E-state index in [1.54, 1.807) is 12.0 Å². The van der Waals surface area contributed by atoms with Crippen molar-refractivity contribution in [2.45, 2.75) is 18.9 Å². The van der Waals surface area contributed by atoms with E-state index in [-0.39, 0.29) is 11.8 Å². The van der Waals surface area contributed by atoms with Crippen LogP contribution in [0.15, 0.2) is 60.8 Å². The number of aromatic nitrogens is 3. The first kappa shape index (κ1) is 20.2. The fourth-order valence-electron chi connectivity index (χ4n) is 4.15. The van der Waals surface area contributed by atoms with E-state index in [4.69, 9.17) is 4.74 Å². The zero-order valence-electron chi connectivity index (χ0n) is 17.9. The number of β-amino-alcohol motifs (C(OH)–C–C–N with tert-alkyl or cyclic N) is 1. The van der Waals surface area contributed by atoms with Crippen molar-refractivity contribution < 1.29 is 14.6 Å². The number of likely N-dealkylation sites (tertiary alicyclic amines) is 1. The number of rotatable bonds is 5. The van der Waals surface area contributed by atoms with E-state index in [0.29, 0.717) is 18.7 Å². The molecule has 1 amide bonds. The molecule has 7 nitrogen and oxygen atoms in total. The monoisotopic (exact) mass is 428 g/mol. The number of methoxy groups -OCH3 is 1. The van der Waals surface area contributed by atoms with Gasteiger partial charge in [-0.05, 0) is 36.2 Å². The smallest absolute Gasteiger partial charge is 0.230 e. The molecule has 0 aliphatic carbocycles. The number of nitrogens with zero attached hydrogens (tertiary/aromatic N) is 3. The zero-order valence-corrected chi connectivity index (χ0v) is 17.9. The Hall–Kier alpha value is -3.71. The molecule has 3 heterocycles. The molecule has 1 unspecified atom stereocenters. The SMILES string of the molecule is COc1ccccc1-c1n[nH]c2ncc(-c3cccc(C(C)C(=O)N4CC(O)C4)c3)cc12. The maximum absolute atomic E-state index is 12.7. The van der Waals surface area contributed by atoms with Gasteiger partial charge in [0.05, 0.1) is 19.1 Å². The summed E-state index contributed by atoms with van der Waals surface area (Å²) < 4.78 is 5.51. The lowest BCUT2D eigenvalue weighted by Crippen LogP contribution is -2.54. The third kappa shape index (κ3) is 3.50. The zero-order chi connectivity index (χ0) is 22.2. The highest BCUT2D eigenvalue weighted by atomic mass is 16.5. The standard InChI is InChI=1S/C25H24N4O3/c1-15(25(31)29-13-19(30)14-29)16-6-5-7-17(10-16)18-11-21-23(27-28-24(21)26-12-18)20-8-3-4-9-22(20)32-2/h3-12,15,19,30H,13-14H2,1-2H3,(H,26,27,28). The Labute approximate surface area is 185 Å². The minimum absolute atomic E-state index is 0.0364. The van der Waals surface area contributed by atoms with Crippen LogP contribution in [0, 0.1) is 0 Å². The van der Waals surface area contributed by atoms with Gasteiger partial charge in [0.15, 0.2) is 5.65 Å². The second-order valence-corrected chi connectivity index (χ2v) is 8.14. The molecule has 32 heavy (non-hydrogen) atoms. The predicted octanol–water partition coefficient (Wildman–Crippen LogP) is 3.61. The molecule has 0 saturated carbocycles. The van der Waals surface area contributed by atoms with Crippen LogP contribution in [-0.2, 0) is 4.79 Å². The van der Waals surface area contributed by atoms with Crippen LogP contribution in [-0.4, -0.2) is 57.4 Å². The number of amides is 1. The van der Waals surface area contributed by atoms with Crippen molar-refractivity contribution >= 4 is 16.9 Å². The Bertz CT molecular complexity index is 1290. The maximum atomic E-state index is 12.7. The number of para-hydroxylation sites is 1. The molecule has 2 N–H and O–H groups in total. The van der Waals surface area contributed by atoms with Gasteiger partial charge >= 0.3 is 0 Å². The second-order valence-electron chi connectivity index (χ2n) is 8.14. The van der Waals surface area contributed by atoms with Crippen molar-refractivity contribution in [2.24, 2.45) is 0 Å². The lowest BCUT2D eigenvalue weighted by atomic mass is 9.94. The molecule has 1 fully saturated rings. The van der Waals surface area contributed by atoms with E-state index in [2.05, 4.69) is 21.2 Å². The third-order valence-electron chi connectivity index (χ3n) is 6.04. The molecule has 0 spiro atoms. The minimum atomic E-state index is -0.400. The van der Waals surface area contributed by atoms with Crippen molar-refractivity contribution in [3.63, 3.8) is 0 Å². The minimum Gasteiger partial charge on any atom is -0.496 e. The van der Waals surface area contributed by atoms with Crippen molar-refractivity contribution in [1.29, 1.82) is 0 Å². The summed E-state index contributed by atoms with van der Waals surface area (Å²) in [4.78, 5) is 19.0. The van der Waals surface area contributed by atoms with Gasteiger partial charge in [-0.25, -0.2) is 4.98 Å². The molecule has 2 aromatic carbocycles. The van der Waals surface area contributed by atoms with E-state index < -0.39 is 6.10 Å². The number of carbonyl (C=O) groups is 1. The van der Waals surface area contributed by atoms with Gasteiger partial charge in [-0.15, -0.1) is 0 Å². The Balaban J connectivity index is 1.50. The Morgan fingerprint density at radius 2 is 1.97 bits per heavy atom. The van der Waals surface area contributed by atoms with Crippen LogP contribution in [0.2, 0.25) is 0 Å². The highest BCUT2D eigenvalue weighted by Crippen LogP contribution is 2.35. The normalized spacial score (nSPS) is 14.9. The van der Waals surface area contributed by atoms with Gasteiger partial charge in [0, 0.05) is 35.8 Å². The van der Waals surface area contributed by atoms with Crippen molar-refractivity contribution in [1.82, 2.24) is 20.1 Å². The van der Waals surface area contributed by atoms with Crippen LogP contribution in [0.4, 0.5) is 0 Å². The number of pyridine rings is 1. The quantitative estimate of drug-likeness (QED) is 0.507. The van der Waals surface area contributed by atoms with Gasteiger partial charge in [-0.1, -0.05) is 36.4 Å². The Morgan fingerprint density at radius 1 is 1.16 bits per heavy atom. The average Bonchev–Trinajstić information content (AvgIpc) is 3.24. The largest absolute Gasteiger partial charge is 0.496 e. The summed E-state index contributed by atoms with van der Waals surface area (Å²) in [5, 5.41) is 17.9. The fourth-order valence-corrected chi connectivity index (χ4v) is 4.15. The van der Waals surface area contributed by atoms with Gasteiger partial charge in [0.25, 0.3) is 0 Å². The molecule has 0 radical (unpaired) electrons. The van der Waals surface area contributed by atoms with Gasteiger partial charge in [-0.3, -0.25) is 9.89 Å². The Morgan fingerprint density at radius 3 is 2.75 bits per heavy atom. The van der Waals surface area contributed by atoms with E-state index in [9.17, 15) is 9.90 Å². The summed E-state index contributed by atoms with van der Waals surface area (Å²) in [6, 6.07) is 17.8. The van der Waals surface area contributed by atoms with Crippen molar-refractivity contribution in [2.75, 3.05) is 20.2 Å². The first-order valence-corrected chi connectivity index (χ1v) is 10.6. The van der Waals surface area contributed by atoms with Crippen LogP contribution in [0.5, 0.6) is 5.75 Å². The molecular formula is C25H24N4O3. The number of benzene rings is 2. The van der Waals surface area contributed by atoms with Crippen LogP contribution < -0.4 is 4.74 Å². The lowest BCUT2D eigenvalue weighted by molar-refractivity contribution is -0.142. The van der Waals surface area contributed by atoms with Gasteiger partial charge in [0.1, 0.15) is 11.4 Å². The second kappa shape index (κ2) is 8.09. The molecule has 2 aromatic heterocycles. The summed E-state index contributed by atoms with van der Waals surface area (Å²) in [7, 11) is 1.65. The molecule has 1 aliphatic heterocycles. The third-order valence-corrected chi connectivity index (χ3v) is 6.04.